The van der Waals surface area contributed by atoms with Crippen LogP contribution in [0.2, 0.25) is 0 Å². The van der Waals surface area contributed by atoms with Gasteiger partial charge in [0.2, 0.25) is 0 Å². The van der Waals surface area contributed by atoms with Gasteiger partial charge in [-0.2, -0.15) is 5.10 Å². The van der Waals surface area contributed by atoms with Gasteiger partial charge < -0.3 is 0 Å². The van der Waals surface area contributed by atoms with E-state index in [0.717, 1.165) is 5.69 Å². The predicted octanol–water partition coefficient (Wildman–Crippen LogP) is 2.07. The molecule has 2 aromatic rings. The number of hydrogen-bond donors (Lipinski definition) is 0. The fourth-order valence-corrected chi connectivity index (χ4v) is 1.79. The first kappa shape index (κ1) is 10.7. The van der Waals surface area contributed by atoms with Crippen molar-refractivity contribution in [3.8, 4) is 5.69 Å². The highest BCUT2D eigenvalue weighted by molar-refractivity contribution is 9.08. The van der Waals surface area contributed by atoms with Crippen molar-refractivity contribution in [3.05, 3.63) is 46.5 Å². The Hall–Kier alpha value is -1.76. The maximum atomic E-state index is 10.7. The lowest BCUT2D eigenvalue weighted by Gasteiger charge is -2.03. The Morgan fingerprint density at radius 3 is 2.88 bits per heavy atom. The van der Waals surface area contributed by atoms with Crippen molar-refractivity contribution in [2.24, 2.45) is 0 Å². The summed E-state index contributed by atoms with van der Waals surface area (Å²) in [4.78, 5) is 14.1. The second-order valence-electron chi connectivity index (χ2n) is 3.04. The molecule has 6 nitrogen and oxygen atoms in total. The Balaban J connectivity index is 2.49. The molecule has 0 saturated carbocycles. The Morgan fingerprint density at radius 1 is 1.50 bits per heavy atom. The highest BCUT2D eigenvalue weighted by Crippen LogP contribution is 2.23. The first-order valence-corrected chi connectivity index (χ1v) is 5.53. The van der Waals surface area contributed by atoms with Gasteiger partial charge in [0.15, 0.2) is 0 Å². The maximum Gasteiger partial charge on any atom is 0.273 e. The quantitative estimate of drug-likeness (QED) is 0.491. The first-order valence-electron chi connectivity index (χ1n) is 4.40. The van der Waals surface area contributed by atoms with Crippen molar-refractivity contribution in [2.75, 3.05) is 0 Å². The standard InChI is InChI=1S/C9H7BrN4O2/c10-4-7-3-8(13-6-11-5-12-13)1-2-9(7)14(15)16/h1-3,5-6H,4H2. The Labute approximate surface area is 99.2 Å². The third-order valence-electron chi connectivity index (χ3n) is 2.09. The zero-order valence-electron chi connectivity index (χ0n) is 8.08. The fourth-order valence-electron chi connectivity index (χ4n) is 1.34. The lowest BCUT2D eigenvalue weighted by Crippen LogP contribution is -1.98. The molecule has 1 aromatic carbocycles. The van der Waals surface area contributed by atoms with Crippen LogP contribution in [0.1, 0.15) is 5.56 Å². The zero-order chi connectivity index (χ0) is 11.5. The molecule has 0 aliphatic carbocycles. The smallest absolute Gasteiger partial charge is 0.258 e. The van der Waals surface area contributed by atoms with Gasteiger partial charge in [-0.25, -0.2) is 9.67 Å². The van der Waals surface area contributed by atoms with Gasteiger partial charge in [-0.15, -0.1) is 0 Å². The van der Waals surface area contributed by atoms with Crippen molar-refractivity contribution in [1.29, 1.82) is 0 Å². The van der Waals surface area contributed by atoms with E-state index in [1.165, 1.54) is 12.4 Å². The molecule has 0 atom stereocenters. The molecule has 82 valence electrons. The van der Waals surface area contributed by atoms with E-state index in [0.29, 0.717) is 10.9 Å². The Bertz CT molecular complexity index is 512. The molecule has 0 spiro atoms. The van der Waals surface area contributed by atoms with Crippen molar-refractivity contribution >= 4 is 21.6 Å². The van der Waals surface area contributed by atoms with Crippen molar-refractivity contribution in [2.45, 2.75) is 5.33 Å². The summed E-state index contributed by atoms with van der Waals surface area (Å²) in [6.07, 6.45) is 2.95. The third kappa shape index (κ3) is 1.94. The molecule has 0 bridgehead atoms. The van der Waals surface area contributed by atoms with Crippen LogP contribution < -0.4 is 0 Å². The van der Waals surface area contributed by atoms with Crippen LogP contribution in [-0.4, -0.2) is 19.7 Å². The third-order valence-corrected chi connectivity index (χ3v) is 2.69. The minimum atomic E-state index is -0.401. The lowest BCUT2D eigenvalue weighted by atomic mass is 10.2. The molecular formula is C9H7BrN4O2. The van der Waals surface area contributed by atoms with Crippen LogP contribution in [0.5, 0.6) is 0 Å². The SMILES string of the molecule is O=[N+]([O-])c1ccc(-n2cncn2)cc1CBr. The molecule has 0 saturated heterocycles. The van der Waals surface area contributed by atoms with Crippen LogP contribution in [0.25, 0.3) is 5.69 Å². The molecule has 7 heteroatoms. The molecule has 2 rings (SSSR count). The number of nitro benzene ring substituents is 1. The number of alkyl halides is 1. The van der Waals surface area contributed by atoms with E-state index in [4.69, 9.17) is 0 Å². The van der Waals surface area contributed by atoms with Gasteiger partial charge in [-0.05, 0) is 12.1 Å². The van der Waals surface area contributed by atoms with E-state index in [1.54, 1.807) is 23.1 Å². The summed E-state index contributed by atoms with van der Waals surface area (Å²) in [5.74, 6) is 0. The van der Waals surface area contributed by atoms with E-state index >= 15 is 0 Å². The monoisotopic (exact) mass is 282 g/mol. The minimum absolute atomic E-state index is 0.0979. The van der Waals surface area contributed by atoms with Crippen molar-refractivity contribution in [3.63, 3.8) is 0 Å². The second-order valence-corrected chi connectivity index (χ2v) is 3.60. The molecule has 0 amide bonds. The topological polar surface area (TPSA) is 73.8 Å². The number of rotatable bonds is 3. The van der Waals surface area contributed by atoms with Gasteiger partial charge in [0.1, 0.15) is 12.7 Å². The van der Waals surface area contributed by atoms with Crippen LogP contribution in [0.3, 0.4) is 0 Å². The number of nitrogens with zero attached hydrogens (tertiary/aromatic N) is 4. The molecule has 0 unspecified atom stereocenters. The van der Waals surface area contributed by atoms with Crippen LogP contribution in [0.4, 0.5) is 5.69 Å². The average Bonchev–Trinajstić information content (AvgIpc) is 2.81. The average molecular weight is 283 g/mol. The number of halogens is 1. The van der Waals surface area contributed by atoms with Crippen LogP contribution >= 0.6 is 15.9 Å². The molecule has 16 heavy (non-hydrogen) atoms. The van der Waals surface area contributed by atoms with Gasteiger partial charge in [0.25, 0.3) is 5.69 Å². The second kappa shape index (κ2) is 4.40. The predicted molar refractivity (Wildman–Crippen MR) is 60.6 cm³/mol. The van der Waals surface area contributed by atoms with E-state index in [2.05, 4.69) is 26.0 Å². The highest BCUT2D eigenvalue weighted by Gasteiger charge is 2.13. The van der Waals surface area contributed by atoms with Crippen LogP contribution in [-0.2, 0) is 5.33 Å². The molecule has 1 aromatic heterocycles. The summed E-state index contributed by atoms with van der Waals surface area (Å²) in [5.41, 5.74) is 1.45. The zero-order valence-corrected chi connectivity index (χ0v) is 9.66. The molecular weight excluding hydrogens is 276 g/mol. The van der Waals surface area contributed by atoms with Gasteiger partial charge in [0.05, 0.1) is 10.6 Å². The number of nitro groups is 1. The van der Waals surface area contributed by atoms with Crippen LogP contribution in [0.15, 0.2) is 30.9 Å². The molecule has 0 aliphatic rings. The number of benzene rings is 1. The first-order chi connectivity index (χ1) is 7.72. The van der Waals surface area contributed by atoms with Crippen LogP contribution in [0, 0.1) is 10.1 Å². The fraction of sp³-hybridized carbons (Fsp3) is 0.111. The Kier molecular flexibility index (Phi) is 2.95. The molecule has 0 fully saturated rings. The Morgan fingerprint density at radius 2 is 2.31 bits per heavy atom. The number of aromatic nitrogens is 3. The molecule has 0 N–H and O–H groups in total. The summed E-state index contributed by atoms with van der Waals surface area (Å²) < 4.78 is 1.55. The summed E-state index contributed by atoms with van der Waals surface area (Å²) in [6, 6.07) is 4.81. The summed E-state index contributed by atoms with van der Waals surface area (Å²) in [5, 5.41) is 15.1. The molecule has 0 radical (unpaired) electrons. The minimum Gasteiger partial charge on any atom is -0.258 e. The summed E-state index contributed by atoms with van der Waals surface area (Å²) in [7, 11) is 0. The van der Waals surface area contributed by atoms with Crippen molar-refractivity contribution < 1.29 is 4.92 Å². The molecule has 1 heterocycles. The summed E-state index contributed by atoms with van der Waals surface area (Å²) >= 11 is 3.22. The summed E-state index contributed by atoms with van der Waals surface area (Å²) in [6.45, 7) is 0. The lowest BCUT2D eigenvalue weighted by molar-refractivity contribution is -0.385. The van der Waals surface area contributed by atoms with Gasteiger partial charge in [0, 0.05) is 17.0 Å². The van der Waals surface area contributed by atoms with Gasteiger partial charge in [-0.1, -0.05) is 15.9 Å². The van der Waals surface area contributed by atoms with E-state index in [1.807, 2.05) is 0 Å². The maximum absolute atomic E-state index is 10.7. The normalized spacial score (nSPS) is 10.3. The van der Waals surface area contributed by atoms with E-state index in [9.17, 15) is 10.1 Å². The highest BCUT2D eigenvalue weighted by atomic mass is 79.9. The molecule has 0 aliphatic heterocycles. The van der Waals surface area contributed by atoms with Gasteiger partial charge >= 0.3 is 0 Å². The van der Waals surface area contributed by atoms with Crippen molar-refractivity contribution in [1.82, 2.24) is 14.8 Å². The van der Waals surface area contributed by atoms with E-state index in [-0.39, 0.29) is 5.69 Å². The van der Waals surface area contributed by atoms with Gasteiger partial charge in [-0.3, -0.25) is 10.1 Å². The van der Waals surface area contributed by atoms with E-state index < -0.39 is 4.92 Å². The largest absolute Gasteiger partial charge is 0.273 e. The number of hydrogen-bond acceptors (Lipinski definition) is 4.